The van der Waals surface area contributed by atoms with Gasteiger partial charge >= 0.3 is 0 Å². The van der Waals surface area contributed by atoms with Crippen LogP contribution in [0.2, 0.25) is 10.0 Å². The van der Waals surface area contributed by atoms with Gasteiger partial charge in [0.2, 0.25) is 0 Å². The zero-order valence-electron chi connectivity index (χ0n) is 11.5. The fourth-order valence-corrected chi connectivity index (χ4v) is 2.38. The smallest absolute Gasteiger partial charge is 0.183 e. The third-order valence-electron chi connectivity index (χ3n) is 2.56. The first kappa shape index (κ1) is 16.5. The molecular weight excluding hydrogens is 341 g/mol. The van der Waals surface area contributed by atoms with Crippen LogP contribution in [0.3, 0.4) is 0 Å². The number of rotatable bonds is 3. The van der Waals surface area contributed by atoms with Gasteiger partial charge in [0, 0.05) is 5.02 Å². The Morgan fingerprint density at radius 1 is 1.23 bits per heavy atom. The summed E-state index contributed by atoms with van der Waals surface area (Å²) in [6, 6.07) is 12.2. The predicted octanol–water partition coefficient (Wildman–Crippen LogP) is 5.21. The van der Waals surface area contributed by atoms with Gasteiger partial charge in [-0.05, 0) is 36.6 Å². The Balaban J connectivity index is 2.34. The predicted molar refractivity (Wildman–Crippen MR) is 92.3 cm³/mol. The number of amidine groups is 1. The summed E-state index contributed by atoms with van der Waals surface area (Å²) in [6.45, 7) is 0. The van der Waals surface area contributed by atoms with Crippen molar-refractivity contribution in [3.8, 4) is 17.7 Å². The minimum absolute atomic E-state index is 0.409. The molecule has 0 bridgehead atoms. The van der Waals surface area contributed by atoms with Crippen LogP contribution in [0, 0.1) is 11.5 Å². The molecule has 0 amide bonds. The highest BCUT2D eigenvalue weighted by atomic mass is 35.5. The lowest BCUT2D eigenvalue weighted by Crippen LogP contribution is -2.12. The van der Waals surface area contributed by atoms with Gasteiger partial charge in [0.15, 0.2) is 17.1 Å². The summed E-state index contributed by atoms with van der Waals surface area (Å²) in [6.07, 6.45) is 3.67. The lowest BCUT2D eigenvalue weighted by Gasteiger charge is -2.10. The number of nitrogens with zero attached hydrogens (tertiary/aromatic N) is 2. The largest absolute Gasteiger partial charge is 0.454 e. The number of benzene rings is 2. The van der Waals surface area contributed by atoms with Gasteiger partial charge in [-0.3, -0.25) is 5.32 Å². The molecule has 0 aliphatic carbocycles. The molecule has 2 aromatic carbocycles. The number of nitrogens with one attached hydrogen (secondary N) is 1. The fraction of sp³-hybridized carbons (Fsp3) is 0.0667. The van der Waals surface area contributed by atoms with Crippen molar-refractivity contribution in [1.29, 1.82) is 5.26 Å². The number of halogens is 2. The van der Waals surface area contributed by atoms with Crippen LogP contribution in [-0.2, 0) is 0 Å². The van der Waals surface area contributed by atoms with Crippen molar-refractivity contribution in [1.82, 2.24) is 5.32 Å². The van der Waals surface area contributed by atoms with Gasteiger partial charge in [0.25, 0.3) is 0 Å². The van der Waals surface area contributed by atoms with E-state index in [0.29, 0.717) is 32.4 Å². The maximum absolute atomic E-state index is 8.70. The van der Waals surface area contributed by atoms with Crippen molar-refractivity contribution in [3.05, 3.63) is 52.5 Å². The Hall–Kier alpha value is -1.87. The van der Waals surface area contributed by atoms with Crippen LogP contribution in [0.4, 0.5) is 5.69 Å². The molecule has 0 radical (unpaired) electrons. The molecule has 7 heteroatoms. The van der Waals surface area contributed by atoms with Gasteiger partial charge < -0.3 is 4.74 Å². The van der Waals surface area contributed by atoms with E-state index in [-0.39, 0.29) is 0 Å². The highest BCUT2D eigenvalue weighted by molar-refractivity contribution is 8.13. The highest BCUT2D eigenvalue weighted by Gasteiger charge is 2.08. The SMILES string of the molecule is CSC(=Nc1ccccc1Oc1ccc(Cl)cc1Cl)NC#N. The maximum atomic E-state index is 8.70. The minimum Gasteiger partial charge on any atom is -0.454 e. The van der Waals surface area contributed by atoms with E-state index in [4.69, 9.17) is 33.2 Å². The maximum Gasteiger partial charge on any atom is 0.183 e. The molecule has 2 rings (SSSR count). The molecule has 0 aliphatic heterocycles. The van der Waals surface area contributed by atoms with E-state index in [9.17, 15) is 0 Å². The monoisotopic (exact) mass is 351 g/mol. The Kier molecular flexibility index (Phi) is 5.96. The second kappa shape index (κ2) is 7.95. The number of nitriles is 1. The van der Waals surface area contributed by atoms with Crippen LogP contribution in [0.15, 0.2) is 47.5 Å². The van der Waals surface area contributed by atoms with E-state index >= 15 is 0 Å². The van der Waals surface area contributed by atoms with E-state index in [1.807, 2.05) is 24.6 Å². The van der Waals surface area contributed by atoms with Gasteiger partial charge in [0.05, 0.1) is 5.02 Å². The second-order valence-electron chi connectivity index (χ2n) is 4.00. The molecule has 0 atom stereocenters. The molecule has 0 saturated heterocycles. The first-order valence-corrected chi connectivity index (χ1v) is 8.12. The second-order valence-corrected chi connectivity index (χ2v) is 5.64. The van der Waals surface area contributed by atoms with Crippen LogP contribution in [0.25, 0.3) is 0 Å². The molecule has 0 heterocycles. The van der Waals surface area contributed by atoms with Gasteiger partial charge in [-0.25, -0.2) is 4.99 Å². The standard InChI is InChI=1S/C15H11Cl2N3OS/c1-22-15(19-9-18)20-12-4-2-3-5-14(12)21-13-7-6-10(16)8-11(13)17/h2-8H,1H3,(H,19,20). The number of para-hydroxylation sites is 2. The fourth-order valence-electron chi connectivity index (χ4n) is 1.59. The average molecular weight is 352 g/mol. The molecule has 1 N–H and O–H groups in total. The molecule has 0 aromatic heterocycles. The first-order chi connectivity index (χ1) is 10.6. The Labute approximate surface area is 142 Å². The highest BCUT2D eigenvalue weighted by Crippen LogP contribution is 2.36. The zero-order valence-corrected chi connectivity index (χ0v) is 13.8. The molecule has 4 nitrogen and oxygen atoms in total. The molecule has 112 valence electrons. The number of ether oxygens (including phenoxy) is 1. The molecule has 0 saturated carbocycles. The van der Waals surface area contributed by atoms with E-state index in [1.54, 1.807) is 30.3 Å². The van der Waals surface area contributed by atoms with Crippen LogP contribution >= 0.6 is 35.0 Å². The summed E-state index contributed by atoms with van der Waals surface area (Å²) in [5.41, 5.74) is 0.584. The average Bonchev–Trinajstić information content (AvgIpc) is 2.51. The van der Waals surface area contributed by atoms with Gasteiger partial charge in [0.1, 0.15) is 11.4 Å². The van der Waals surface area contributed by atoms with Crippen LogP contribution < -0.4 is 10.1 Å². The molecule has 0 aliphatic rings. The summed E-state index contributed by atoms with van der Waals surface area (Å²) in [4.78, 5) is 4.36. The van der Waals surface area contributed by atoms with Gasteiger partial charge in [-0.1, -0.05) is 47.1 Å². The molecule has 2 aromatic rings. The van der Waals surface area contributed by atoms with Gasteiger partial charge in [-0.2, -0.15) is 5.26 Å². The zero-order chi connectivity index (χ0) is 15.9. The first-order valence-electron chi connectivity index (χ1n) is 6.13. The number of hydrogen-bond donors (Lipinski definition) is 1. The molecular formula is C15H11Cl2N3OS. The Morgan fingerprint density at radius 3 is 2.68 bits per heavy atom. The summed E-state index contributed by atoms with van der Waals surface area (Å²) in [5, 5.41) is 12.6. The van der Waals surface area contributed by atoms with Gasteiger partial charge in [-0.15, -0.1) is 0 Å². The minimum atomic E-state index is 0.409. The van der Waals surface area contributed by atoms with Crippen molar-refractivity contribution in [3.63, 3.8) is 0 Å². The van der Waals surface area contributed by atoms with E-state index in [1.165, 1.54) is 11.8 Å². The van der Waals surface area contributed by atoms with Crippen LogP contribution in [0.1, 0.15) is 0 Å². The summed E-state index contributed by atoms with van der Waals surface area (Å²) >= 11 is 13.3. The topological polar surface area (TPSA) is 57.4 Å². The lowest BCUT2D eigenvalue weighted by atomic mass is 10.3. The van der Waals surface area contributed by atoms with Crippen LogP contribution in [-0.4, -0.2) is 11.4 Å². The summed E-state index contributed by atoms with van der Waals surface area (Å²) in [7, 11) is 0. The lowest BCUT2D eigenvalue weighted by molar-refractivity contribution is 0.484. The van der Waals surface area contributed by atoms with Crippen molar-refractivity contribution >= 4 is 45.8 Å². The quantitative estimate of drug-likeness (QED) is 0.357. The van der Waals surface area contributed by atoms with E-state index < -0.39 is 0 Å². The van der Waals surface area contributed by atoms with Crippen molar-refractivity contribution < 1.29 is 4.74 Å². The molecule has 0 unspecified atom stereocenters. The van der Waals surface area contributed by atoms with Crippen molar-refractivity contribution in [2.24, 2.45) is 4.99 Å². The van der Waals surface area contributed by atoms with E-state index in [2.05, 4.69) is 10.3 Å². The van der Waals surface area contributed by atoms with Crippen LogP contribution in [0.5, 0.6) is 11.5 Å². The van der Waals surface area contributed by atoms with E-state index in [0.717, 1.165) is 0 Å². The number of thioether (sulfide) groups is 1. The molecule has 22 heavy (non-hydrogen) atoms. The van der Waals surface area contributed by atoms with Crippen molar-refractivity contribution in [2.75, 3.05) is 6.26 Å². The summed E-state index contributed by atoms with van der Waals surface area (Å²) in [5.74, 6) is 1.01. The third kappa shape index (κ3) is 4.31. The number of aliphatic imine (C=N–C) groups is 1. The number of hydrogen-bond acceptors (Lipinski definition) is 4. The summed E-state index contributed by atoms with van der Waals surface area (Å²) < 4.78 is 5.80. The Bertz CT molecular complexity index is 744. The Morgan fingerprint density at radius 2 is 2.00 bits per heavy atom. The molecule has 0 fully saturated rings. The third-order valence-corrected chi connectivity index (χ3v) is 3.67. The molecule has 0 spiro atoms. The normalized spacial score (nSPS) is 10.9. The van der Waals surface area contributed by atoms with Crippen molar-refractivity contribution in [2.45, 2.75) is 0 Å².